The van der Waals surface area contributed by atoms with Crippen LogP contribution in [0.5, 0.6) is 0 Å². The fraction of sp³-hybridized carbons (Fsp3) is 0.600. The Morgan fingerprint density at radius 3 is 2.16 bits per heavy atom. The first-order chi connectivity index (χ1) is 30.7. The van der Waals surface area contributed by atoms with Gasteiger partial charge in [-0.05, 0) is 105 Å². The van der Waals surface area contributed by atoms with Crippen molar-refractivity contribution < 1.29 is 51.4 Å². The lowest BCUT2D eigenvalue weighted by molar-refractivity contribution is -0.161. The predicted octanol–water partition coefficient (Wildman–Crippen LogP) is 5.97. The fourth-order valence-electron chi connectivity index (χ4n) is 9.79. The van der Waals surface area contributed by atoms with E-state index >= 15 is 0 Å². The minimum atomic E-state index is -4.82. The summed E-state index contributed by atoms with van der Waals surface area (Å²) in [7, 11) is 0. The number of anilines is 2. The monoisotopic (exact) mass is 915 g/mol. The Morgan fingerprint density at radius 2 is 1.48 bits per heavy atom. The zero-order valence-electron chi connectivity index (χ0n) is 35.9. The van der Waals surface area contributed by atoms with Gasteiger partial charge in [0.05, 0.1) is 22.9 Å². The van der Waals surface area contributed by atoms with Crippen LogP contribution in [-0.4, -0.2) is 138 Å². The van der Waals surface area contributed by atoms with Gasteiger partial charge in [-0.15, -0.1) is 0 Å². The number of urea groups is 1. The number of carbonyl (C=O) groups is 6. The molecule has 0 saturated carbocycles. The molecule has 15 nitrogen and oxygen atoms in total. The minimum Gasteiger partial charge on any atom is -0.458 e. The van der Waals surface area contributed by atoms with Crippen molar-refractivity contribution in [2.24, 2.45) is 11.8 Å². The Balaban J connectivity index is 0.919. The SMILES string of the molecule is Nc1c(Cl)cc(C[C@@H](OC(=O)N2CCC(N3CCc4ccccc4NC3=O)CC2)C(=O)N2CCC(C3CCN(C(=O)C(=O)OCCCN4CCCCC4=O)CC3)CC2)cc1C(F)(F)F. The van der Waals surface area contributed by atoms with Crippen LogP contribution in [0.2, 0.25) is 5.02 Å². The molecule has 4 saturated heterocycles. The Morgan fingerprint density at radius 1 is 0.828 bits per heavy atom. The third-order valence-electron chi connectivity index (χ3n) is 13.5. The number of alkyl halides is 3. The number of likely N-dealkylation sites (tertiary alicyclic amines) is 4. The van der Waals surface area contributed by atoms with Crippen molar-refractivity contribution in [2.75, 3.05) is 76.6 Å². The van der Waals surface area contributed by atoms with Gasteiger partial charge in [0, 0.05) is 83.5 Å². The van der Waals surface area contributed by atoms with Crippen molar-refractivity contribution in [1.29, 1.82) is 0 Å². The number of amides is 6. The van der Waals surface area contributed by atoms with Gasteiger partial charge < -0.3 is 45.0 Å². The number of fused-ring (bicyclic) bond motifs is 1. The molecular formula is C45H57ClF3N7O8. The van der Waals surface area contributed by atoms with Crippen LogP contribution in [0.15, 0.2) is 36.4 Å². The van der Waals surface area contributed by atoms with Gasteiger partial charge >= 0.3 is 30.2 Å². The number of rotatable bonds is 10. The molecular weight excluding hydrogens is 859 g/mol. The highest BCUT2D eigenvalue weighted by atomic mass is 35.5. The highest BCUT2D eigenvalue weighted by Crippen LogP contribution is 2.39. The molecule has 3 N–H and O–H groups in total. The number of nitrogens with zero attached hydrogens (tertiary/aromatic N) is 5. The lowest BCUT2D eigenvalue weighted by Crippen LogP contribution is -2.52. The first-order valence-electron chi connectivity index (χ1n) is 22.4. The van der Waals surface area contributed by atoms with Gasteiger partial charge in [-0.2, -0.15) is 13.2 Å². The van der Waals surface area contributed by atoms with Crippen LogP contribution in [0.4, 0.5) is 34.1 Å². The van der Waals surface area contributed by atoms with Crippen LogP contribution in [0, 0.1) is 11.8 Å². The maximum atomic E-state index is 14.2. The average Bonchev–Trinajstić information content (AvgIpc) is 3.46. The van der Waals surface area contributed by atoms with Gasteiger partial charge in [0.25, 0.3) is 5.91 Å². The summed E-state index contributed by atoms with van der Waals surface area (Å²) in [6, 6.07) is 9.35. The topological polar surface area (TPSA) is 175 Å². The third-order valence-corrected chi connectivity index (χ3v) is 13.8. The summed E-state index contributed by atoms with van der Waals surface area (Å²) in [6.45, 7) is 3.66. The number of benzene rings is 2. The highest BCUT2D eigenvalue weighted by molar-refractivity contribution is 6.33. The molecule has 6 amide bonds. The van der Waals surface area contributed by atoms with Crippen LogP contribution in [0.25, 0.3) is 0 Å². The molecule has 2 aromatic carbocycles. The molecule has 4 fully saturated rings. The van der Waals surface area contributed by atoms with E-state index in [4.69, 9.17) is 26.8 Å². The quantitative estimate of drug-likeness (QED) is 0.126. The molecule has 5 aliphatic rings. The van der Waals surface area contributed by atoms with Gasteiger partial charge in [0.2, 0.25) is 5.91 Å². The van der Waals surface area contributed by atoms with Crippen LogP contribution >= 0.6 is 11.6 Å². The fourth-order valence-corrected chi connectivity index (χ4v) is 10.0. The number of nitrogen functional groups attached to an aromatic ring is 1. The van der Waals surface area contributed by atoms with Gasteiger partial charge in [0.15, 0.2) is 6.10 Å². The van der Waals surface area contributed by atoms with E-state index in [0.717, 1.165) is 30.2 Å². The maximum Gasteiger partial charge on any atom is 0.418 e. The molecule has 0 unspecified atom stereocenters. The Labute approximate surface area is 375 Å². The summed E-state index contributed by atoms with van der Waals surface area (Å²) in [4.78, 5) is 86.6. The minimum absolute atomic E-state index is 0.0265. The summed E-state index contributed by atoms with van der Waals surface area (Å²) in [5.41, 5.74) is 5.73. The summed E-state index contributed by atoms with van der Waals surface area (Å²) < 4.78 is 53.0. The lowest BCUT2D eigenvalue weighted by atomic mass is 9.78. The number of nitrogens with one attached hydrogen (secondary N) is 1. The van der Waals surface area contributed by atoms with E-state index in [1.54, 1.807) is 14.7 Å². The number of carbonyl (C=O) groups excluding carboxylic acids is 6. The predicted molar refractivity (Wildman–Crippen MR) is 230 cm³/mol. The molecule has 5 heterocycles. The molecule has 7 rings (SSSR count). The molecule has 0 bridgehead atoms. The first kappa shape index (κ1) is 46.7. The number of halogens is 4. The standard InChI is InChI=1S/C45H57ClF3N7O8/c46-35-27-29(26-34(39(35)50)45(47,48)49)28-37(64-44(62)55-22-14-33(15-23-55)56-24-13-32-6-1-2-7-36(32)51-43(56)61)40(58)53-18-9-30(10-19-53)31-11-20-54(21-12-31)41(59)42(60)63-25-5-17-52-16-4-3-8-38(52)57/h1-2,6-7,26-27,30-31,33,37H,3-5,8-25,28,50H2,(H,51,61)/t37-/m1/s1. The van der Waals surface area contributed by atoms with Crippen molar-refractivity contribution >= 4 is 58.8 Å². The molecule has 5 aliphatic heterocycles. The van der Waals surface area contributed by atoms with E-state index in [1.165, 1.54) is 15.9 Å². The molecule has 2 aromatic rings. The van der Waals surface area contributed by atoms with Gasteiger partial charge in [-0.1, -0.05) is 29.8 Å². The van der Waals surface area contributed by atoms with Crippen molar-refractivity contribution in [2.45, 2.75) is 95.4 Å². The van der Waals surface area contributed by atoms with Crippen LogP contribution in [-0.2, 0) is 47.7 Å². The number of hydrogen-bond acceptors (Lipinski definition) is 9. The van der Waals surface area contributed by atoms with E-state index in [2.05, 4.69) is 5.32 Å². The normalized spacial score (nSPS) is 20.0. The second-order valence-corrected chi connectivity index (χ2v) is 17.9. The molecule has 64 heavy (non-hydrogen) atoms. The molecule has 0 radical (unpaired) electrons. The van der Waals surface area contributed by atoms with Gasteiger partial charge in [-0.3, -0.25) is 14.4 Å². The zero-order valence-corrected chi connectivity index (χ0v) is 36.7. The van der Waals surface area contributed by atoms with E-state index < -0.39 is 47.4 Å². The van der Waals surface area contributed by atoms with E-state index in [1.807, 2.05) is 24.3 Å². The first-order valence-corrected chi connectivity index (χ1v) is 22.8. The number of para-hydroxylation sites is 1. The molecule has 1 atom stereocenters. The highest BCUT2D eigenvalue weighted by Gasteiger charge is 2.39. The molecule has 0 spiro atoms. The molecule has 0 aromatic heterocycles. The summed E-state index contributed by atoms with van der Waals surface area (Å²) in [5.74, 6) is -1.56. The van der Waals surface area contributed by atoms with Crippen molar-refractivity contribution in [3.63, 3.8) is 0 Å². The second-order valence-electron chi connectivity index (χ2n) is 17.5. The largest absolute Gasteiger partial charge is 0.458 e. The Kier molecular flexibility index (Phi) is 15.1. The second kappa shape index (κ2) is 20.7. The summed E-state index contributed by atoms with van der Waals surface area (Å²) in [6.07, 6.45) is -0.401. The number of ether oxygens (including phenoxy) is 2. The number of nitrogens with two attached hydrogens (primary N) is 1. The number of piperidine rings is 4. The zero-order chi connectivity index (χ0) is 45.5. The Hall–Kier alpha value is -5.26. The summed E-state index contributed by atoms with van der Waals surface area (Å²) >= 11 is 6.15. The molecule has 0 aliphatic carbocycles. The van der Waals surface area contributed by atoms with Crippen molar-refractivity contribution in [3.05, 3.63) is 58.1 Å². The van der Waals surface area contributed by atoms with Crippen LogP contribution < -0.4 is 11.1 Å². The number of hydrogen-bond donors (Lipinski definition) is 2. The van der Waals surface area contributed by atoms with Gasteiger partial charge in [0.1, 0.15) is 0 Å². The molecule has 348 valence electrons. The summed E-state index contributed by atoms with van der Waals surface area (Å²) in [5, 5.41) is 2.64. The number of esters is 1. The average molecular weight is 916 g/mol. The van der Waals surface area contributed by atoms with E-state index in [-0.39, 0.29) is 66.5 Å². The van der Waals surface area contributed by atoms with E-state index in [9.17, 15) is 41.9 Å². The lowest BCUT2D eigenvalue weighted by Gasteiger charge is -2.41. The third kappa shape index (κ3) is 11.3. The smallest absolute Gasteiger partial charge is 0.418 e. The maximum absolute atomic E-state index is 14.2. The molecule has 19 heteroatoms. The van der Waals surface area contributed by atoms with E-state index in [0.29, 0.717) is 104 Å². The van der Waals surface area contributed by atoms with Crippen LogP contribution in [0.3, 0.4) is 0 Å². The van der Waals surface area contributed by atoms with Crippen molar-refractivity contribution in [3.8, 4) is 0 Å². The van der Waals surface area contributed by atoms with Gasteiger partial charge in [-0.25, -0.2) is 14.4 Å². The van der Waals surface area contributed by atoms with Crippen molar-refractivity contribution in [1.82, 2.24) is 24.5 Å². The van der Waals surface area contributed by atoms with Crippen LogP contribution in [0.1, 0.15) is 80.9 Å². The Bertz CT molecular complexity index is 2050.